The van der Waals surface area contributed by atoms with E-state index < -0.39 is 0 Å². The fourth-order valence-corrected chi connectivity index (χ4v) is 3.10. The van der Waals surface area contributed by atoms with Gasteiger partial charge in [0.25, 0.3) is 0 Å². The maximum Gasteiger partial charge on any atom is 0.0179 e. The quantitative estimate of drug-likeness (QED) is 0.775. The number of likely N-dealkylation sites (tertiary alicyclic amines) is 1. The van der Waals surface area contributed by atoms with Crippen molar-refractivity contribution in [2.75, 3.05) is 13.1 Å². The van der Waals surface area contributed by atoms with E-state index in [-0.39, 0.29) is 0 Å². The van der Waals surface area contributed by atoms with E-state index in [9.17, 15) is 0 Å². The molecule has 1 saturated heterocycles. The van der Waals surface area contributed by atoms with E-state index in [0.29, 0.717) is 5.54 Å². The SMILES string of the molecule is CCNC1CCN(C(C)(CC)CC)C(C)C1. The van der Waals surface area contributed by atoms with Crippen LogP contribution in [0.3, 0.4) is 0 Å². The van der Waals surface area contributed by atoms with Gasteiger partial charge < -0.3 is 5.32 Å². The Bertz CT molecular complexity index is 199. The predicted molar refractivity (Wildman–Crippen MR) is 71.9 cm³/mol. The molecule has 16 heavy (non-hydrogen) atoms. The number of nitrogens with one attached hydrogen (secondary N) is 1. The van der Waals surface area contributed by atoms with Crippen molar-refractivity contribution in [3.05, 3.63) is 0 Å². The number of hydrogen-bond acceptors (Lipinski definition) is 2. The summed E-state index contributed by atoms with van der Waals surface area (Å²) in [7, 11) is 0. The molecule has 1 rings (SSSR count). The molecular formula is C14H30N2. The third kappa shape index (κ3) is 2.98. The summed E-state index contributed by atoms with van der Waals surface area (Å²) in [6.45, 7) is 14.1. The zero-order chi connectivity index (χ0) is 12.2. The maximum absolute atomic E-state index is 3.60. The van der Waals surface area contributed by atoms with Crippen molar-refractivity contribution in [2.24, 2.45) is 0 Å². The molecule has 0 amide bonds. The van der Waals surface area contributed by atoms with Gasteiger partial charge in [-0.25, -0.2) is 0 Å². The molecule has 2 nitrogen and oxygen atoms in total. The van der Waals surface area contributed by atoms with Gasteiger partial charge >= 0.3 is 0 Å². The summed E-state index contributed by atoms with van der Waals surface area (Å²) in [6.07, 6.45) is 5.15. The molecule has 2 unspecified atom stereocenters. The normalized spacial score (nSPS) is 28.3. The molecule has 1 aliphatic heterocycles. The van der Waals surface area contributed by atoms with Crippen molar-refractivity contribution in [2.45, 2.75) is 77.9 Å². The summed E-state index contributed by atoms with van der Waals surface area (Å²) in [5.74, 6) is 0. The summed E-state index contributed by atoms with van der Waals surface area (Å²) < 4.78 is 0. The molecule has 1 heterocycles. The highest BCUT2D eigenvalue weighted by atomic mass is 15.2. The highest BCUT2D eigenvalue weighted by Gasteiger charge is 2.35. The molecule has 2 atom stereocenters. The van der Waals surface area contributed by atoms with Gasteiger partial charge in [0, 0.05) is 24.2 Å². The van der Waals surface area contributed by atoms with Gasteiger partial charge in [-0.2, -0.15) is 0 Å². The number of rotatable bonds is 5. The second-order valence-corrected chi connectivity index (χ2v) is 5.53. The van der Waals surface area contributed by atoms with E-state index in [1.807, 2.05) is 0 Å². The minimum atomic E-state index is 0.413. The second-order valence-electron chi connectivity index (χ2n) is 5.53. The summed E-state index contributed by atoms with van der Waals surface area (Å²) >= 11 is 0. The van der Waals surface area contributed by atoms with Crippen LogP contribution in [-0.2, 0) is 0 Å². The van der Waals surface area contributed by atoms with E-state index in [1.54, 1.807) is 0 Å². The first-order chi connectivity index (χ1) is 7.57. The molecule has 0 aromatic carbocycles. The molecule has 96 valence electrons. The Morgan fingerprint density at radius 1 is 1.25 bits per heavy atom. The highest BCUT2D eigenvalue weighted by molar-refractivity contribution is 4.92. The molecule has 0 spiro atoms. The molecule has 0 aromatic rings. The summed E-state index contributed by atoms with van der Waals surface area (Å²) in [6, 6.07) is 1.47. The number of nitrogens with zero attached hydrogens (tertiary/aromatic N) is 1. The molecule has 0 aromatic heterocycles. The molecule has 0 bridgehead atoms. The van der Waals surface area contributed by atoms with Crippen LogP contribution in [0.4, 0.5) is 0 Å². The highest BCUT2D eigenvalue weighted by Crippen LogP contribution is 2.30. The van der Waals surface area contributed by atoms with E-state index in [1.165, 1.54) is 32.2 Å². The molecule has 0 saturated carbocycles. The van der Waals surface area contributed by atoms with Crippen LogP contribution >= 0.6 is 0 Å². The Hall–Kier alpha value is -0.0800. The molecule has 1 fully saturated rings. The Balaban J connectivity index is 2.59. The maximum atomic E-state index is 3.60. The van der Waals surface area contributed by atoms with Gasteiger partial charge in [0.2, 0.25) is 0 Å². The van der Waals surface area contributed by atoms with Gasteiger partial charge in [-0.15, -0.1) is 0 Å². The van der Waals surface area contributed by atoms with Crippen LogP contribution in [0.1, 0.15) is 60.3 Å². The summed E-state index contributed by atoms with van der Waals surface area (Å²) in [5.41, 5.74) is 0.413. The predicted octanol–water partition coefficient (Wildman–Crippen LogP) is 3.03. The van der Waals surface area contributed by atoms with Crippen molar-refractivity contribution in [1.29, 1.82) is 0 Å². The van der Waals surface area contributed by atoms with Crippen LogP contribution < -0.4 is 5.32 Å². The lowest BCUT2D eigenvalue weighted by Gasteiger charge is -2.48. The van der Waals surface area contributed by atoms with Crippen LogP contribution in [0.2, 0.25) is 0 Å². The van der Waals surface area contributed by atoms with Crippen molar-refractivity contribution >= 4 is 0 Å². The zero-order valence-electron chi connectivity index (χ0n) is 11.8. The Labute approximate surface area is 102 Å². The molecule has 2 heteroatoms. The summed E-state index contributed by atoms with van der Waals surface area (Å²) in [4.78, 5) is 2.74. The van der Waals surface area contributed by atoms with Crippen LogP contribution in [0.5, 0.6) is 0 Å². The van der Waals surface area contributed by atoms with Crippen molar-refractivity contribution < 1.29 is 0 Å². The Kier molecular flexibility index (Phi) is 5.26. The minimum absolute atomic E-state index is 0.413. The van der Waals surface area contributed by atoms with E-state index in [4.69, 9.17) is 0 Å². The molecule has 0 aliphatic carbocycles. The summed E-state index contributed by atoms with van der Waals surface area (Å²) in [5, 5.41) is 3.60. The third-order valence-electron chi connectivity index (χ3n) is 4.59. The van der Waals surface area contributed by atoms with Crippen LogP contribution in [0, 0.1) is 0 Å². The van der Waals surface area contributed by atoms with Crippen LogP contribution in [0.25, 0.3) is 0 Å². The Morgan fingerprint density at radius 2 is 1.88 bits per heavy atom. The van der Waals surface area contributed by atoms with Crippen LogP contribution in [0.15, 0.2) is 0 Å². The van der Waals surface area contributed by atoms with Crippen LogP contribution in [-0.4, -0.2) is 35.6 Å². The number of piperidine rings is 1. The van der Waals surface area contributed by atoms with E-state index in [2.05, 4.69) is 44.8 Å². The minimum Gasteiger partial charge on any atom is -0.314 e. The van der Waals surface area contributed by atoms with Crippen molar-refractivity contribution in [3.8, 4) is 0 Å². The topological polar surface area (TPSA) is 15.3 Å². The van der Waals surface area contributed by atoms with Crippen molar-refractivity contribution in [3.63, 3.8) is 0 Å². The monoisotopic (exact) mass is 226 g/mol. The van der Waals surface area contributed by atoms with Gasteiger partial charge in [0.15, 0.2) is 0 Å². The average molecular weight is 226 g/mol. The first-order valence-electron chi connectivity index (χ1n) is 7.07. The first-order valence-corrected chi connectivity index (χ1v) is 7.07. The molecule has 0 radical (unpaired) electrons. The largest absolute Gasteiger partial charge is 0.314 e. The molecular weight excluding hydrogens is 196 g/mol. The lowest BCUT2D eigenvalue weighted by Crippen LogP contribution is -2.56. The van der Waals surface area contributed by atoms with Gasteiger partial charge in [-0.05, 0) is 46.1 Å². The third-order valence-corrected chi connectivity index (χ3v) is 4.59. The number of hydrogen-bond donors (Lipinski definition) is 1. The second kappa shape index (κ2) is 6.02. The van der Waals surface area contributed by atoms with Gasteiger partial charge in [-0.1, -0.05) is 20.8 Å². The fourth-order valence-electron chi connectivity index (χ4n) is 3.10. The average Bonchev–Trinajstić information content (AvgIpc) is 2.29. The van der Waals surface area contributed by atoms with Gasteiger partial charge in [0.1, 0.15) is 0 Å². The first kappa shape index (κ1) is 14.0. The van der Waals surface area contributed by atoms with Crippen molar-refractivity contribution in [1.82, 2.24) is 10.2 Å². The smallest absolute Gasteiger partial charge is 0.0179 e. The van der Waals surface area contributed by atoms with E-state index in [0.717, 1.165) is 18.6 Å². The van der Waals surface area contributed by atoms with Gasteiger partial charge in [-0.3, -0.25) is 4.90 Å². The lowest BCUT2D eigenvalue weighted by atomic mass is 9.87. The fraction of sp³-hybridized carbons (Fsp3) is 1.00. The van der Waals surface area contributed by atoms with Gasteiger partial charge in [0.05, 0.1) is 0 Å². The van der Waals surface area contributed by atoms with E-state index >= 15 is 0 Å². The molecule has 1 aliphatic rings. The molecule has 1 N–H and O–H groups in total. The Morgan fingerprint density at radius 3 is 2.31 bits per heavy atom. The zero-order valence-corrected chi connectivity index (χ0v) is 11.8. The lowest BCUT2D eigenvalue weighted by molar-refractivity contribution is 0.0203. The standard InChI is InChI=1S/C14H30N2/c1-6-14(5,7-2)16-10-9-13(15-8-3)11-12(16)4/h12-13,15H,6-11H2,1-5H3.